The lowest BCUT2D eigenvalue weighted by Gasteiger charge is -2.42. The topological polar surface area (TPSA) is 36.0 Å². The van der Waals surface area contributed by atoms with Gasteiger partial charge in [0.15, 0.2) is 0 Å². The summed E-state index contributed by atoms with van der Waals surface area (Å²) >= 11 is 0. The predicted octanol–water partition coefficient (Wildman–Crippen LogP) is 2.04. The molecule has 0 saturated heterocycles. The fourth-order valence-corrected chi connectivity index (χ4v) is 2.26. The quantitative estimate of drug-likeness (QED) is 0.656. The summed E-state index contributed by atoms with van der Waals surface area (Å²) < 4.78 is 5.20. The van der Waals surface area contributed by atoms with Gasteiger partial charge < -0.3 is 4.74 Å². The Hall–Kier alpha value is -0.810. The van der Waals surface area contributed by atoms with E-state index in [0.717, 1.165) is 12.8 Å². The van der Waals surface area contributed by atoms with Gasteiger partial charge in [-0.05, 0) is 48.0 Å². The van der Waals surface area contributed by atoms with E-state index in [4.69, 9.17) is 4.74 Å². The van der Waals surface area contributed by atoms with Crippen LogP contribution in [0.25, 0.3) is 0 Å². The molecule has 0 heterocycles. The van der Waals surface area contributed by atoms with Crippen molar-refractivity contribution < 1.29 is 9.53 Å². The number of hydrogen-bond acceptors (Lipinski definition) is 4. The van der Waals surface area contributed by atoms with Crippen molar-refractivity contribution in [2.45, 2.75) is 45.9 Å². The molecule has 0 aliphatic carbocycles. The molecule has 0 aromatic carbocycles. The lowest BCUT2D eigenvalue weighted by atomic mass is 10.2. The van der Waals surface area contributed by atoms with Crippen molar-refractivity contribution in [3.63, 3.8) is 0 Å². The third-order valence-corrected chi connectivity index (χ3v) is 3.04. The van der Waals surface area contributed by atoms with Crippen LogP contribution >= 0.6 is 0 Å². The fraction of sp³-hybridized carbons (Fsp3) is 0.923. The second kappa shape index (κ2) is 8.32. The third-order valence-electron chi connectivity index (χ3n) is 3.04. The number of hydrogen-bond donors (Lipinski definition) is 0. The van der Waals surface area contributed by atoms with E-state index < -0.39 is 0 Å². The van der Waals surface area contributed by atoms with Gasteiger partial charge in [-0.1, -0.05) is 13.8 Å². The molecular formula is C13H29N3O2. The first-order valence-electron chi connectivity index (χ1n) is 6.68. The van der Waals surface area contributed by atoms with Crippen molar-refractivity contribution in [3.8, 4) is 0 Å². The molecule has 1 amide bonds. The maximum atomic E-state index is 12.2. The molecule has 0 aliphatic rings. The minimum atomic E-state index is -0.237. The van der Waals surface area contributed by atoms with Gasteiger partial charge >= 0.3 is 6.09 Å². The van der Waals surface area contributed by atoms with Gasteiger partial charge in [0.05, 0.1) is 18.9 Å². The van der Waals surface area contributed by atoms with Crippen molar-refractivity contribution in [1.29, 1.82) is 0 Å². The van der Waals surface area contributed by atoms with Crippen LogP contribution in [-0.2, 0) is 4.74 Å². The Bertz CT molecular complexity index is 228. The van der Waals surface area contributed by atoms with Crippen LogP contribution in [0.5, 0.6) is 0 Å². The van der Waals surface area contributed by atoms with E-state index in [9.17, 15) is 4.79 Å². The summed E-state index contributed by atoms with van der Waals surface area (Å²) in [6.07, 6.45) is 1.61. The zero-order valence-corrected chi connectivity index (χ0v) is 12.9. The largest absolute Gasteiger partial charge is 0.450 e. The summed E-state index contributed by atoms with van der Waals surface area (Å²) in [5, 5.41) is 0. The highest BCUT2D eigenvalue weighted by molar-refractivity contribution is 5.68. The van der Waals surface area contributed by atoms with Gasteiger partial charge in [-0.3, -0.25) is 14.7 Å². The maximum absolute atomic E-state index is 12.2. The second-order valence-corrected chi connectivity index (χ2v) is 4.81. The van der Waals surface area contributed by atoms with Gasteiger partial charge in [0.1, 0.15) is 0 Å². The number of carbonyl (C=O) groups is 1. The normalized spacial score (nSPS) is 14.7. The van der Waals surface area contributed by atoms with Gasteiger partial charge in [-0.15, -0.1) is 0 Å². The average molecular weight is 259 g/mol. The van der Waals surface area contributed by atoms with Crippen molar-refractivity contribution >= 4 is 6.09 Å². The van der Waals surface area contributed by atoms with Crippen LogP contribution in [0.15, 0.2) is 0 Å². The summed E-state index contributed by atoms with van der Waals surface area (Å²) in [5.41, 5.74) is 0. The molecule has 5 heteroatoms. The molecule has 18 heavy (non-hydrogen) atoms. The number of ether oxygens (including phenoxy) is 1. The van der Waals surface area contributed by atoms with Crippen LogP contribution in [0.3, 0.4) is 0 Å². The fourth-order valence-electron chi connectivity index (χ4n) is 2.26. The van der Waals surface area contributed by atoms with Gasteiger partial charge in [-0.2, -0.15) is 0 Å². The minimum absolute atomic E-state index is 0.0522. The molecule has 0 bridgehead atoms. The average Bonchev–Trinajstić information content (AvgIpc) is 2.28. The van der Waals surface area contributed by atoms with Gasteiger partial charge in [0, 0.05) is 0 Å². The number of amides is 1. The van der Waals surface area contributed by atoms with Crippen LogP contribution in [0.2, 0.25) is 0 Å². The predicted molar refractivity (Wildman–Crippen MR) is 74.4 cm³/mol. The van der Waals surface area contributed by atoms with Crippen LogP contribution in [0.1, 0.15) is 33.6 Å². The molecule has 0 rings (SSSR count). The van der Waals surface area contributed by atoms with Gasteiger partial charge in [-0.25, -0.2) is 4.79 Å². The van der Waals surface area contributed by atoms with E-state index in [1.54, 1.807) is 0 Å². The molecule has 0 radical (unpaired) electrons. The van der Waals surface area contributed by atoms with Crippen LogP contribution in [0, 0.1) is 0 Å². The Morgan fingerprint density at radius 2 is 1.33 bits per heavy atom. The number of rotatable bonds is 7. The first kappa shape index (κ1) is 17.2. The minimum Gasteiger partial charge on any atom is -0.450 e. The SMILES string of the molecule is CCOC(=O)N(C(CC)N(C)C)C(CC)N(C)C. The lowest BCUT2D eigenvalue weighted by molar-refractivity contribution is -0.0174. The van der Waals surface area contributed by atoms with E-state index in [1.165, 1.54) is 0 Å². The number of carbonyl (C=O) groups excluding carboxylic acids is 1. The Morgan fingerprint density at radius 3 is 1.56 bits per heavy atom. The summed E-state index contributed by atoms with van der Waals surface area (Å²) in [7, 11) is 7.96. The van der Waals surface area contributed by atoms with E-state index in [0.29, 0.717) is 6.61 Å². The summed E-state index contributed by atoms with van der Waals surface area (Å²) in [5.74, 6) is 0. The lowest BCUT2D eigenvalue weighted by Crippen LogP contribution is -2.57. The molecule has 2 atom stereocenters. The summed E-state index contributed by atoms with van der Waals surface area (Å²) in [6.45, 7) is 6.41. The Balaban J connectivity index is 5.18. The van der Waals surface area contributed by atoms with Crippen molar-refractivity contribution in [1.82, 2.24) is 14.7 Å². The van der Waals surface area contributed by atoms with Crippen LogP contribution < -0.4 is 0 Å². The van der Waals surface area contributed by atoms with E-state index in [2.05, 4.69) is 23.6 Å². The highest BCUT2D eigenvalue weighted by Crippen LogP contribution is 2.17. The van der Waals surface area contributed by atoms with Gasteiger partial charge in [0.2, 0.25) is 0 Å². The van der Waals surface area contributed by atoms with Crippen molar-refractivity contribution in [3.05, 3.63) is 0 Å². The van der Waals surface area contributed by atoms with E-state index in [1.807, 2.05) is 40.0 Å². The molecule has 0 aromatic rings. The second-order valence-electron chi connectivity index (χ2n) is 4.81. The molecule has 0 fully saturated rings. The molecule has 0 aliphatic heterocycles. The first-order chi connectivity index (χ1) is 8.40. The maximum Gasteiger partial charge on any atom is 0.412 e. The Kier molecular flexibility index (Phi) is 7.95. The van der Waals surface area contributed by atoms with Gasteiger partial charge in [0.25, 0.3) is 0 Å². The zero-order chi connectivity index (χ0) is 14.3. The standard InChI is InChI=1S/C13H29N3O2/c1-8-11(14(4)5)16(13(17)18-10-3)12(9-2)15(6)7/h11-12H,8-10H2,1-7H3. The van der Waals surface area contributed by atoms with Crippen LogP contribution in [0.4, 0.5) is 4.79 Å². The zero-order valence-electron chi connectivity index (χ0n) is 12.9. The van der Waals surface area contributed by atoms with Crippen molar-refractivity contribution in [2.75, 3.05) is 34.8 Å². The molecule has 2 unspecified atom stereocenters. The van der Waals surface area contributed by atoms with E-state index >= 15 is 0 Å². The molecule has 5 nitrogen and oxygen atoms in total. The third kappa shape index (κ3) is 4.46. The molecule has 0 N–H and O–H groups in total. The summed E-state index contributed by atoms with van der Waals surface area (Å²) in [6, 6.07) is 0. The molecule has 0 saturated carbocycles. The Labute approximate surface area is 112 Å². The van der Waals surface area contributed by atoms with Crippen molar-refractivity contribution in [2.24, 2.45) is 0 Å². The molecule has 108 valence electrons. The van der Waals surface area contributed by atoms with E-state index in [-0.39, 0.29) is 18.4 Å². The van der Waals surface area contributed by atoms with Crippen LogP contribution in [-0.4, -0.2) is 67.9 Å². The Morgan fingerprint density at radius 1 is 0.944 bits per heavy atom. The highest BCUT2D eigenvalue weighted by Gasteiger charge is 2.32. The smallest absolute Gasteiger partial charge is 0.412 e. The number of nitrogens with zero attached hydrogens (tertiary/aromatic N) is 3. The molecular weight excluding hydrogens is 230 g/mol. The highest BCUT2D eigenvalue weighted by atomic mass is 16.6. The summed E-state index contributed by atoms with van der Waals surface area (Å²) in [4.78, 5) is 18.2. The first-order valence-corrected chi connectivity index (χ1v) is 6.68. The molecule has 0 spiro atoms. The monoisotopic (exact) mass is 259 g/mol. The molecule has 0 aromatic heterocycles.